The molecule has 30 heavy (non-hydrogen) atoms. The summed E-state index contributed by atoms with van der Waals surface area (Å²) in [6.07, 6.45) is 6.76. The van der Waals surface area contributed by atoms with Crippen LogP contribution in [0.25, 0.3) is 0 Å². The summed E-state index contributed by atoms with van der Waals surface area (Å²) in [7, 11) is 1.86. The van der Waals surface area contributed by atoms with Gasteiger partial charge in [-0.3, -0.25) is 24.1 Å². The van der Waals surface area contributed by atoms with E-state index in [1.165, 1.54) is 18.1 Å². The van der Waals surface area contributed by atoms with E-state index in [1.54, 1.807) is 15.8 Å². The molecule has 2 N–H and O–H groups in total. The molecule has 0 unspecified atom stereocenters. The first-order valence-corrected chi connectivity index (χ1v) is 10.2. The zero-order valence-corrected chi connectivity index (χ0v) is 17.4. The number of carbonyl (C=O) groups excluding carboxylic acids is 2. The molecule has 1 fully saturated rings. The molecule has 1 aromatic carbocycles. The molecule has 1 saturated heterocycles. The molecular formula is C22H28N4O4. The van der Waals surface area contributed by atoms with Crippen LogP contribution in [0.3, 0.4) is 0 Å². The predicted octanol–water partition coefficient (Wildman–Crippen LogP) is 2.14. The van der Waals surface area contributed by atoms with Crippen molar-refractivity contribution in [1.82, 2.24) is 9.58 Å². The Hall–Kier alpha value is -3.29. The van der Waals surface area contributed by atoms with Gasteiger partial charge in [0.1, 0.15) is 6.17 Å². The number of nitrogens with two attached hydrogens (primary N) is 1. The van der Waals surface area contributed by atoms with Crippen LogP contribution in [0.15, 0.2) is 41.3 Å². The molecule has 0 aliphatic carbocycles. The summed E-state index contributed by atoms with van der Waals surface area (Å²) in [5.41, 5.74) is 7.39. The minimum absolute atomic E-state index is 0.0182. The van der Waals surface area contributed by atoms with Gasteiger partial charge in [0.15, 0.2) is 5.69 Å². The van der Waals surface area contributed by atoms with Crippen molar-refractivity contribution in [2.24, 2.45) is 0 Å². The maximum absolute atomic E-state index is 12.6. The van der Waals surface area contributed by atoms with Gasteiger partial charge < -0.3 is 15.4 Å². The van der Waals surface area contributed by atoms with Gasteiger partial charge >= 0.3 is 0 Å². The molecule has 1 aromatic heterocycles. The van der Waals surface area contributed by atoms with Crippen molar-refractivity contribution in [2.45, 2.75) is 45.2 Å². The first-order valence-electron chi connectivity index (χ1n) is 10.2. The van der Waals surface area contributed by atoms with E-state index in [1.807, 2.05) is 24.2 Å². The predicted molar refractivity (Wildman–Crippen MR) is 115 cm³/mol. The van der Waals surface area contributed by atoms with Crippen molar-refractivity contribution in [3.05, 3.63) is 58.0 Å². The van der Waals surface area contributed by atoms with E-state index in [-0.39, 0.29) is 30.0 Å². The van der Waals surface area contributed by atoms with Gasteiger partial charge in [0.05, 0.1) is 0 Å². The molecule has 4 rings (SSSR count). The Morgan fingerprint density at radius 1 is 1.17 bits per heavy atom. The third kappa shape index (κ3) is 4.32. The van der Waals surface area contributed by atoms with Gasteiger partial charge in [0, 0.05) is 31.5 Å². The van der Waals surface area contributed by atoms with Crippen LogP contribution >= 0.6 is 0 Å². The summed E-state index contributed by atoms with van der Waals surface area (Å²) >= 11 is 0. The standard InChI is InChI=1S/C13H15N3O4.C9H13N/c1-14-10-4-2-3-6-15(10)13(19)11-12(20-8-17)9(18)5-7-16(11)14;1-2-3-8-4-6-9(10)7-5-8/h5,7-8,10H,2-4,6H2,1H3;4-7H,2-3,10H2,1H3/t10-;/m0./s1. The highest BCUT2D eigenvalue weighted by Crippen LogP contribution is 2.28. The molecule has 8 heteroatoms. The third-order valence-corrected chi connectivity index (χ3v) is 5.43. The number of piperidine rings is 1. The minimum atomic E-state index is -0.472. The second-order valence-corrected chi connectivity index (χ2v) is 7.46. The number of benzene rings is 1. The number of rotatable bonds is 4. The summed E-state index contributed by atoms with van der Waals surface area (Å²) in [5.74, 6) is -0.467. The number of pyridine rings is 1. The van der Waals surface area contributed by atoms with Gasteiger partial charge in [0.25, 0.3) is 12.4 Å². The van der Waals surface area contributed by atoms with Crippen molar-refractivity contribution in [3.63, 3.8) is 0 Å². The SMILES string of the molecule is CCCc1ccc(N)cc1.CN1[C@@H]2CCCCN2C(=O)c2c(OC=O)c(=O)ccn21. The highest BCUT2D eigenvalue weighted by atomic mass is 16.5. The van der Waals surface area contributed by atoms with Crippen molar-refractivity contribution < 1.29 is 14.3 Å². The van der Waals surface area contributed by atoms with Gasteiger partial charge in [-0.05, 0) is 43.4 Å². The van der Waals surface area contributed by atoms with Crippen molar-refractivity contribution >= 4 is 18.1 Å². The van der Waals surface area contributed by atoms with Crippen molar-refractivity contribution in [1.29, 1.82) is 0 Å². The van der Waals surface area contributed by atoms with Gasteiger partial charge in [-0.15, -0.1) is 0 Å². The monoisotopic (exact) mass is 412 g/mol. The smallest absolute Gasteiger partial charge is 0.298 e. The van der Waals surface area contributed by atoms with Crippen LogP contribution in [-0.2, 0) is 11.2 Å². The van der Waals surface area contributed by atoms with E-state index in [4.69, 9.17) is 10.5 Å². The molecule has 1 amide bonds. The number of aryl methyl sites for hydroxylation is 1. The van der Waals surface area contributed by atoms with E-state index in [0.29, 0.717) is 6.54 Å². The topological polar surface area (TPSA) is 97.9 Å². The molecule has 0 saturated carbocycles. The van der Waals surface area contributed by atoms with E-state index in [0.717, 1.165) is 31.4 Å². The number of hydrogen-bond acceptors (Lipinski definition) is 6. The van der Waals surface area contributed by atoms with Crippen LogP contribution in [0, 0.1) is 0 Å². The summed E-state index contributed by atoms with van der Waals surface area (Å²) in [6, 6.07) is 9.36. The lowest BCUT2D eigenvalue weighted by molar-refractivity contribution is -0.120. The van der Waals surface area contributed by atoms with Gasteiger partial charge in [-0.1, -0.05) is 25.5 Å². The number of hydrogen-bond donors (Lipinski definition) is 1. The zero-order valence-electron chi connectivity index (χ0n) is 17.4. The lowest BCUT2D eigenvalue weighted by atomic mass is 10.1. The number of anilines is 1. The van der Waals surface area contributed by atoms with Gasteiger partial charge in [-0.2, -0.15) is 0 Å². The molecule has 160 valence electrons. The Morgan fingerprint density at radius 2 is 1.90 bits per heavy atom. The number of ether oxygens (including phenoxy) is 1. The van der Waals surface area contributed by atoms with Crippen LogP contribution in [0.2, 0.25) is 0 Å². The second-order valence-electron chi connectivity index (χ2n) is 7.46. The number of amides is 1. The number of nitrogens with zero attached hydrogens (tertiary/aromatic N) is 3. The molecule has 3 heterocycles. The van der Waals surface area contributed by atoms with Crippen LogP contribution in [0.5, 0.6) is 5.75 Å². The molecule has 1 atom stereocenters. The zero-order chi connectivity index (χ0) is 21.7. The molecule has 8 nitrogen and oxygen atoms in total. The normalized spacial score (nSPS) is 17.4. The Labute approximate surface area is 175 Å². The largest absolute Gasteiger partial charge is 0.422 e. The number of aromatic nitrogens is 1. The van der Waals surface area contributed by atoms with Crippen LogP contribution < -0.4 is 20.9 Å². The third-order valence-electron chi connectivity index (χ3n) is 5.43. The van der Waals surface area contributed by atoms with Crippen LogP contribution in [0.4, 0.5) is 5.69 Å². The lowest BCUT2D eigenvalue weighted by Crippen LogP contribution is -2.61. The van der Waals surface area contributed by atoms with Gasteiger partial charge in [-0.25, -0.2) is 0 Å². The maximum atomic E-state index is 12.6. The highest BCUT2D eigenvalue weighted by molar-refractivity contribution is 5.97. The first-order chi connectivity index (χ1) is 14.5. The fraction of sp³-hybridized carbons (Fsp3) is 0.409. The summed E-state index contributed by atoms with van der Waals surface area (Å²) < 4.78 is 6.34. The lowest BCUT2D eigenvalue weighted by Gasteiger charge is -2.47. The molecular weight excluding hydrogens is 384 g/mol. The molecule has 0 radical (unpaired) electrons. The average molecular weight is 412 g/mol. The Balaban J connectivity index is 0.000000216. The fourth-order valence-corrected chi connectivity index (χ4v) is 3.92. The summed E-state index contributed by atoms with van der Waals surface area (Å²) in [6.45, 7) is 3.00. The second kappa shape index (κ2) is 9.47. The van der Waals surface area contributed by atoms with Crippen molar-refractivity contribution in [3.8, 4) is 5.75 Å². The molecule has 0 spiro atoms. The van der Waals surface area contributed by atoms with Crippen LogP contribution in [0.1, 0.15) is 48.7 Å². The van der Waals surface area contributed by atoms with Crippen molar-refractivity contribution in [2.75, 3.05) is 24.3 Å². The van der Waals surface area contributed by atoms with Gasteiger partial charge in [0.2, 0.25) is 11.2 Å². The Kier molecular flexibility index (Phi) is 6.76. The average Bonchev–Trinajstić information content (AvgIpc) is 2.76. The molecule has 0 bridgehead atoms. The summed E-state index contributed by atoms with van der Waals surface area (Å²) in [5, 5.41) is 1.90. The Bertz CT molecular complexity index is 955. The van der Waals surface area contributed by atoms with E-state index < -0.39 is 5.43 Å². The number of carbonyl (C=O) groups is 2. The molecule has 2 aliphatic heterocycles. The first kappa shape index (κ1) is 21.4. The van der Waals surface area contributed by atoms with E-state index in [9.17, 15) is 14.4 Å². The van der Waals surface area contributed by atoms with E-state index in [2.05, 4.69) is 19.1 Å². The summed E-state index contributed by atoms with van der Waals surface area (Å²) in [4.78, 5) is 36.7. The molecule has 2 aromatic rings. The van der Waals surface area contributed by atoms with Crippen LogP contribution in [-0.4, -0.2) is 41.7 Å². The Morgan fingerprint density at radius 3 is 2.57 bits per heavy atom. The minimum Gasteiger partial charge on any atom is -0.422 e. The fourth-order valence-electron chi connectivity index (χ4n) is 3.92. The van der Waals surface area contributed by atoms with E-state index >= 15 is 0 Å². The number of fused-ring (bicyclic) bond motifs is 2. The maximum Gasteiger partial charge on any atom is 0.298 e. The molecule has 2 aliphatic rings. The quantitative estimate of drug-likeness (QED) is 0.610. The number of nitrogen functional groups attached to an aromatic ring is 1. The highest BCUT2D eigenvalue weighted by Gasteiger charge is 2.39.